The van der Waals surface area contributed by atoms with E-state index in [0.29, 0.717) is 13.0 Å². The van der Waals surface area contributed by atoms with Crippen LogP contribution in [0.2, 0.25) is 0 Å². The van der Waals surface area contributed by atoms with Crippen LogP contribution in [-0.4, -0.2) is 38.0 Å². The Bertz CT molecular complexity index is 624. The fourth-order valence-electron chi connectivity index (χ4n) is 1.82. The van der Waals surface area contributed by atoms with E-state index in [0.717, 1.165) is 5.56 Å². The summed E-state index contributed by atoms with van der Waals surface area (Å²) < 4.78 is 1.53. The molecule has 2 rings (SSSR count). The lowest BCUT2D eigenvalue weighted by Crippen LogP contribution is -2.40. The van der Waals surface area contributed by atoms with Crippen LogP contribution in [0.25, 0.3) is 0 Å². The highest BCUT2D eigenvalue weighted by molar-refractivity contribution is 5.94. The standard InChI is InChI=1S/C14H16N4O3/c1-2-11(14(20)21)15-13(19)12-9-18(17-16-12)8-10-6-4-3-5-7-10/h3-7,9,11H,2,8H2,1H3,(H,15,19)(H,20,21). The molecular formula is C14H16N4O3. The molecule has 0 saturated carbocycles. The SMILES string of the molecule is CCC(NC(=O)c1cn(Cc2ccccc2)nn1)C(=O)O. The first kappa shape index (κ1) is 14.7. The zero-order chi connectivity index (χ0) is 15.2. The number of carbonyl (C=O) groups is 2. The minimum atomic E-state index is -1.07. The lowest BCUT2D eigenvalue weighted by Gasteiger charge is -2.10. The van der Waals surface area contributed by atoms with Gasteiger partial charge in [0.1, 0.15) is 6.04 Å². The van der Waals surface area contributed by atoms with Crippen molar-refractivity contribution in [3.63, 3.8) is 0 Å². The van der Waals surface area contributed by atoms with Crippen molar-refractivity contribution in [1.82, 2.24) is 20.3 Å². The van der Waals surface area contributed by atoms with Crippen LogP contribution in [0.15, 0.2) is 36.5 Å². The average Bonchev–Trinajstić information content (AvgIpc) is 2.94. The van der Waals surface area contributed by atoms with E-state index in [1.165, 1.54) is 10.9 Å². The smallest absolute Gasteiger partial charge is 0.326 e. The molecule has 0 spiro atoms. The number of hydrogen-bond acceptors (Lipinski definition) is 4. The Morgan fingerprint density at radius 3 is 2.67 bits per heavy atom. The number of carboxylic acids is 1. The van der Waals surface area contributed by atoms with E-state index in [1.54, 1.807) is 6.92 Å². The number of nitrogens with zero attached hydrogens (tertiary/aromatic N) is 3. The Labute approximate surface area is 121 Å². The second-order valence-corrected chi connectivity index (χ2v) is 4.56. The fourth-order valence-corrected chi connectivity index (χ4v) is 1.82. The fraction of sp³-hybridized carbons (Fsp3) is 0.286. The van der Waals surface area contributed by atoms with Gasteiger partial charge in [0.15, 0.2) is 5.69 Å². The molecule has 1 amide bonds. The summed E-state index contributed by atoms with van der Waals surface area (Å²) in [6, 6.07) is 8.71. The monoisotopic (exact) mass is 288 g/mol. The summed E-state index contributed by atoms with van der Waals surface area (Å²) in [6.45, 7) is 2.18. The number of carbonyl (C=O) groups excluding carboxylic acids is 1. The van der Waals surface area contributed by atoms with Gasteiger partial charge in [0.25, 0.3) is 5.91 Å². The summed E-state index contributed by atoms with van der Waals surface area (Å²) in [6.07, 6.45) is 1.80. The normalized spacial score (nSPS) is 11.9. The zero-order valence-electron chi connectivity index (χ0n) is 11.6. The highest BCUT2D eigenvalue weighted by atomic mass is 16.4. The molecule has 0 aliphatic rings. The molecule has 7 heteroatoms. The first-order valence-corrected chi connectivity index (χ1v) is 6.58. The van der Waals surface area contributed by atoms with Crippen LogP contribution in [0.1, 0.15) is 29.4 Å². The number of nitrogens with one attached hydrogen (secondary N) is 1. The minimum Gasteiger partial charge on any atom is -0.480 e. The van der Waals surface area contributed by atoms with Gasteiger partial charge in [-0.15, -0.1) is 5.10 Å². The molecule has 0 saturated heterocycles. The van der Waals surface area contributed by atoms with Crippen molar-refractivity contribution in [2.45, 2.75) is 25.9 Å². The van der Waals surface area contributed by atoms with E-state index < -0.39 is 17.9 Å². The van der Waals surface area contributed by atoms with E-state index in [4.69, 9.17) is 5.11 Å². The third-order valence-corrected chi connectivity index (χ3v) is 2.97. The molecular weight excluding hydrogens is 272 g/mol. The van der Waals surface area contributed by atoms with E-state index in [-0.39, 0.29) is 5.69 Å². The lowest BCUT2D eigenvalue weighted by atomic mass is 10.2. The molecule has 1 aromatic heterocycles. The number of carboxylic acid groups (broad SMARTS) is 1. The van der Waals surface area contributed by atoms with E-state index >= 15 is 0 Å². The number of aromatic nitrogens is 3. The van der Waals surface area contributed by atoms with Crippen molar-refractivity contribution >= 4 is 11.9 Å². The second-order valence-electron chi connectivity index (χ2n) is 4.56. The first-order valence-electron chi connectivity index (χ1n) is 6.58. The van der Waals surface area contributed by atoms with Crippen molar-refractivity contribution in [1.29, 1.82) is 0 Å². The predicted molar refractivity (Wildman–Crippen MR) is 74.7 cm³/mol. The van der Waals surface area contributed by atoms with Crippen molar-refractivity contribution in [2.75, 3.05) is 0 Å². The van der Waals surface area contributed by atoms with Gasteiger partial charge in [0.2, 0.25) is 0 Å². The van der Waals surface area contributed by atoms with Crippen molar-refractivity contribution in [2.24, 2.45) is 0 Å². The Morgan fingerprint density at radius 1 is 1.33 bits per heavy atom. The van der Waals surface area contributed by atoms with Crippen molar-refractivity contribution < 1.29 is 14.7 Å². The van der Waals surface area contributed by atoms with E-state index in [2.05, 4.69) is 15.6 Å². The highest BCUT2D eigenvalue weighted by Crippen LogP contribution is 2.03. The van der Waals surface area contributed by atoms with Crippen LogP contribution >= 0.6 is 0 Å². The lowest BCUT2D eigenvalue weighted by molar-refractivity contribution is -0.139. The van der Waals surface area contributed by atoms with Gasteiger partial charge in [0, 0.05) is 0 Å². The van der Waals surface area contributed by atoms with E-state index in [1.807, 2.05) is 30.3 Å². The second kappa shape index (κ2) is 6.65. The van der Waals surface area contributed by atoms with Crippen LogP contribution < -0.4 is 5.32 Å². The average molecular weight is 288 g/mol. The van der Waals surface area contributed by atoms with Gasteiger partial charge in [-0.25, -0.2) is 9.48 Å². The first-order chi connectivity index (χ1) is 10.1. The highest BCUT2D eigenvalue weighted by Gasteiger charge is 2.20. The molecule has 110 valence electrons. The number of rotatable bonds is 6. The van der Waals surface area contributed by atoms with Gasteiger partial charge in [-0.2, -0.15) is 0 Å². The molecule has 21 heavy (non-hydrogen) atoms. The zero-order valence-corrected chi connectivity index (χ0v) is 11.6. The predicted octanol–water partition coefficient (Wildman–Crippen LogP) is 0.919. The molecule has 2 N–H and O–H groups in total. The molecule has 0 aliphatic carbocycles. The number of hydrogen-bond donors (Lipinski definition) is 2. The summed E-state index contributed by atoms with van der Waals surface area (Å²) in [7, 11) is 0. The van der Waals surface area contributed by atoms with Gasteiger partial charge < -0.3 is 10.4 Å². The van der Waals surface area contributed by atoms with Crippen LogP contribution in [0, 0.1) is 0 Å². The van der Waals surface area contributed by atoms with Crippen molar-refractivity contribution in [3.05, 3.63) is 47.8 Å². The maximum atomic E-state index is 11.9. The maximum absolute atomic E-state index is 11.9. The summed E-state index contributed by atoms with van der Waals surface area (Å²) in [4.78, 5) is 22.8. The van der Waals surface area contributed by atoms with Gasteiger partial charge in [0.05, 0.1) is 12.7 Å². The molecule has 1 atom stereocenters. The van der Waals surface area contributed by atoms with Gasteiger partial charge in [-0.05, 0) is 12.0 Å². The molecule has 0 radical (unpaired) electrons. The molecule has 7 nitrogen and oxygen atoms in total. The Hall–Kier alpha value is -2.70. The summed E-state index contributed by atoms with van der Waals surface area (Å²) >= 11 is 0. The van der Waals surface area contributed by atoms with E-state index in [9.17, 15) is 9.59 Å². The van der Waals surface area contributed by atoms with Gasteiger partial charge in [-0.3, -0.25) is 4.79 Å². The van der Waals surface area contributed by atoms with Gasteiger partial charge in [-0.1, -0.05) is 42.5 Å². The topological polar surface area (TPSA) is 97.1 Å². The number of benzene rings is 1. The summed E-state index contributed by atoms with van der Waals surface area (Å²) in [5, 5.41) is 19.0. The third-order valence-electron chi connectivity index (χ3n) is 2.97. The van der Waals surface area contributed by atoms with Crippen molar-refractivity contribution in [3.8, 4) is 0 Å². The quantitative estimate of drug-likeness (QED) is 0.823. The Morgan fingerprint density at radius 2 is 2.05 bits per heavy atom. The molecule has 1 aromatic carbocycles. The number of amides is 1. The maximum Gasteiger partial charge on any atom is 0.326 e. The molecule has 1 heterocycles. The molecule has 1 unspecified atom stereocenters. The molecule has 0 aliphatic heterocycles. The van der Waals surface area contributed by atoms with Crippen LogP contribution in [-0.2, 0) is 11.3 Å². The Kier molecular flexibility index (Phi) is 4.65. The third kappa shape index (κ3) is 3.88. The Balaban J connectivity index is 2.02. The molecule has 0 bridgehead atoms. The summed E-state index contributed by atoms with van der Waals surface area (Å²) in [5.74, 6) is -1.61. The van der Waals surface area contributed by atoms with Gasteiger partial charge >= 0.3 is 5.97 Å². The van der Waals surface area contributed by atoms with Crippen LogP contribution in [0.4, 0.5) is 0 Å². The van der Waals surface area contributed by atoms with Crippen LogP contribution in [0.5, 0.6) is 0 Å². The molecule has 0 fully saturated rings. The minimum absolute atomic E-state index is 0.102. The molecule has 2 aromatic rings. The van der Waals surface area contributed by atoms with Crippen LogP contribution in [0.3, 0.4) is 0 Å². The largest absolute Gasteiger partial charge is 0.480 e. The number of aliphatic carboxylic acids is 1. The summed E-state index contributed by atoms with van der Waals surface area (Å²) in [5.41, 5.74) is 1.14.